The Bertz CT molecular complexity index is 391. The Morgan fingerprint density at radius 3 is 2.50 bits per heavy atom. The molecule has 1 aromatic rings. The summed E-state index contributed by atoms with van der Waals surface area (Å²) in [5, 5.41) is 0. The molecule has 0 N–H and O–H groups in total. The van der Waals surface area contributed by atoms with Crippen molar-refractivity contribution in [1.29, 1.82) is 0 Å². The molecule has 18 heavy (non-hydrogen) atoms. The van der Waals surface area contributed by atoms with Crippen LogP contribution in [0.4, 0.5) is 0 Å². The number of hydrogen-bond donors (Lipinski definition) is 0. The Morgan fingerprint density at radius 2 is 1.94 bits per heavy atom. The van der Waals surface area contributed by atoms with E-state index in [0.717, 1.165) is 32.5 Å². The molecular formula is C13H19N2O2S-. The van der Waals surface area contributed by atoms with Crippen molar-refractivity contribution < 1.29 is 8.76 Å². The van der Waals surface area contributed by atoms with E-state index in [2.05, 4.69) is 29.2 Å². The highest BCUT2D eigenvalue weighted by Gasteiger charge is 2.22. The molecule has 1 saturated heterocycles. The van der Waals surface area contributed by atoms with Gasteiger partial charge in [-0.25, -0.2) is 4.31 Å². The van der Waals surface area contributed by atoms with Gasteiger partial charge in [-0.05, 0) is 25.5 Å². The standard InChI is InChI=1S/C13H20N2O2S/c1-14(18(16)17)13-7-9-15(10-8-13)11-12-5-3-2-4-6-12/h2-6,13H,7-11H2,1H3,(H,16,17)/p-1. The van der Waals surface area contributed by atoms with Gasteiger partial charge in [0.05, 0.1) is 0 Å². The highest BCUT2D eigenvalue weighted by molar-refractivity contribution is 7.76. The number of nitrogens with zero attached hydrogens (tertiary/aromatic N) is 2. The Hall–Kier alpha value is -0.750. The second-order valence-electron chi connectivity index (χ2n) is 4.76. The molecular weight excluding hydrogens is 248 g/mol. The summed E-state index contributed by atoms with van der Waals surface area (Å²) < 4.78 is 23.2. The van der Waals surface area contributed by atoms with Crippen LogP contribution in [0.3, 0.4) is 0 Å². The molecule has 0 saturated carbocycles. The summed E-state index contributed by atoms with van der Waals surface area (Å²) in [7, 11) is 1.65. The summed E-state index contributed by atoms with van der Waals surface area (Å²) in [5.41, 5.74) is 1.32. The Morgan fingerprint density at radius 1 is 1.33 bits per heavy atom. The lowest BCUT2D eigenvalue weighted by molar-refractivity contribution is 0.162. The zero-order valence-corrected chi connectivity index (χ0v) is 11.4. The van der Waals surface area contributed by atoms with E-state index in [-0.39, 0.29) is 6.04 Å². The molecule has 0 bridgehead atoms. The van der Waals surface area contributed by atoms with E-state index < -0.39 is 11.3 Å². The average molecular weight is 267 g/mol. The molecule has 0 spiro atoms. The second-order valence-corrected chi connectivity index (χ2v) is 5.77. The lowest BCUT2D eigenvalue weighted by Gasteiger charge is -2.37. The van der Waals surface area contributed by atoms with Crippen LogP contribution in [0.1, 0.15) is 18.4 Å². The Balaban J connectivity index is 1.82. The molecule has 0 amide bonds. The van der Waals surface area contributed by atoms with Gasteiger partial charge >= 0.3 is 0 Å². The fourth-order valence-electron chi connectivity index (χ4n) is 2.40. The zero-order chi connectivity index (χ0) is 13.0. The number of piperidine rings is 1. The van der Waals surface area contributed by atoms with Gasteiger partial charge in [-0.15, -0.1) is 0 Å². The van der Waals surface area contributed by atoms with Crippen molar-refractivity contribution in [3.63, 3.8) is 0 Å². The van der Waals surface area contributed by atoms with Gasteiger partial charge in [0.2, 0.25) is 0 Å². The normalized spacial score (nSPS) is 20.2. The average Bonchev–Trinajstić information content (AvgIpc) is 2.40. The first-order valence-corrected chi connectivity index (χ1v) is 7.28. The van der Waals surface area contributed by atoms with E-state index >= 15 is 0 Å². The SMILES string of the molecule is CN(C1CCN(Cc2ccccc2)CC1)S(=O)[O-]. The molecule has 1 atom stereocenters. The van der Waals surface area contributed by atoms with Crippen molar-refractivity contribution in [2.24, 2.45) is 0 Å². The predicted octanol–water partition coefficient (Wildman–Crippen LogP) is 1.38. The van der Waals surface area contributed by atoms with Crippen molar-refractivity contribution >= 4 is 11.3 Å². The van der Waals surface area contributed by atoms with E-state index in [1.54, 1.807) is 7.05 Å². The van der Waals surface area contributed by atoms with Gasteiger partial charge in [0.15, 0.2) is 0 Å². The maximum Gasteiger partial charge on any atom is 0.0236 e. The summed E-state index contributed by atoms with van der Waals surface area (Å²) in [5.74, 6) is 0. The van der Waals surface area contributed by atoms with E-state index in [0.29, 0.717) is 0 Å². The van der Waals surface area contributed by atoms with Gasteiger partial charge in [-0.1, -0.05) is 30.3 Å². The molecule has 1 heterocycles. The lowest BCUT2D eigenvalue weighted by Crippen LogP contribution is -2.43. The third kappa shape index (κ3) is 3.62. The van der Waals surface area contributed by atoms with E-state index in [9.17, 15) is 8.76 Å². The van der Waals surface area contributed by atoms with Gasteiger partial charge < -0.3 is 4.55 Å². The maximum absolute atomic E-state index is 10.9. The monoisotopic (exact) mass is 267 g/mol. The van der Waals surface area contributed by atoms with E-state index in [1.165, 1.54) is 9.87 Å². The molecule has 0 aromatic heterocycles. The topological polar surface area (TPSA) is 46.6 Å². The van der Waals surface area contributed by atoms with Crippen LogP contribution in [0.15, 0.2) is 30.3 Å². The number of hydrogen-bond acceptors (Lipinski definition) is 3. The fraction of sp³-hybridized carbons (Fsp3) is 0.538. The molecule has 0 radical (unpaired) electrons. The van der Waals surface area contributed by atoms with Gasteiger partial charge in [-0.3, -0.25) is 9.11 Å². The molecule has 1 aromatic carbocycles. The summed E-state index contributed by atoms with van der Waals surface area (Å²) in [6, 6.07) is 10.5. The third-order valence-corrected chi connectivity index (χ3v) is 4.32. The van der Waals surface area contributed by atoms with Gasteiger partial charge in [0.1, 0.15) is 0 Å². The smallest absolute Gasteiger partial charge is 0.0236 e. The lowest BCUT2D eigenvalue weighted by atomic mass is 10.0. The fourth-order valence-corrected chi connectivity index (χ4v) is 2.86. The van der Waals surface area contributed by atoms with Gasteiger partial charge in [-0.2, -0.15) is 0 Å². The largest absolute Gasteiger partial charge is 0.760 e. The van der Waals surface area contributed by atoms with Crippen molar-refractivity contribution in [3.8, 4) is 0 Å². The first-order valence-electron chi connectivity index (χ1n) is 6.25. The Labute approximate surface area is 111 Å². The second kappa shape index (κ2) is 6.43. The van der Waals surface area contributed by atoms with Crippen molar-refractivity contribution in [2.45, 2.75) is 25.4 Å². The molecule has 1 unspecified atom stereocenters. The molecule has 1 fully saturated rings. The first kappa shape index (κ1) is 13.7. The molecule has 4 nitrogen and oxygen atoms in total. The van der Waals surface area contributed by atoms with E-state index in [1.807, 2.05) is 6.07 Å². The third-order valence-electron chi connectivity index (χ3n) is 3.56. The van der Waals surface area contributed by atoms with Crippen LogP contribution in [0, 0.1) is 0 Å². The highest BCUT2D eigenvalue weighted by atomic mass is 32.2. The molecule has 1 aliphatic rings. The number of benzene rings is 1. The Kier molecular flexibility index (Phi) is 4.88. The van der Waals surface area contributed by atoms with Crippen LogP contribution >= 0.6 is 0 Å². The number of likely N-dealkylation sites (tertiary alicyclic amines) is 1. The number of rotatable bonds is 4. The summed E-state index contributed by atoms with van der Waals surface area (Å²) >= 11 is -2.09. The minimum atomic E-state index is -2.09. The zero-order valence-electron chi connectivity index (χ0n) is 10.6. The summed E-state index contributed by atoms with van der Waals surface area (Å²) in [4.78, 5) is 2.38. The minimum Gasteiger partial charge on any atom is -0.760 e. The van der Waals surface area contributed by atoms with Crippen LogP contribution in [0.5, 0.6) is 0 Å². The van der Waals surface area contributed by atoms with Crippen LogP contribution in [0.25, 0.3) is 0 Å². The van der Waals surface area contributed by atoms with Crippen LogP contribution in [-0.2, 0) is 17.8 Å². The van der Waals surface area contributed by atoms with Crippen molar-refractivity contribution in [2.75, 3.05) is 20.1 Å². The molecule has 0 aliphatic carbocycles. The minimum absolute atomic E-state index is 0.162. The van der Waals surface area contributed by atoms with Crippen LogP contribution < -0.4 is 0 Å². The first-order chi connectivity index (χ1) is 8.66. The summed E-state index contributed by atoms with van der Waals surface area (Å²) in [6.07, 6.45) is 1.83. The van der Waals surface area contributed by atoms with Crippen LogP contribution in [-0.4, -0.2) is 44.1 Å². The predicted molar refractivity (Wildman–Crippen MR) is 71.4 cm³/mol. The molecule has 5 heteroatoms. The molecule has 2 rings (SSSR count). The highest BCUT2D eigenvalue weighted by Crippen LogP contribution is 2.18. The summed E-state index contributed by atoms with van der Waals surface area (Å²) in [6.45, 7) is 2.87. The molecule has 1 aliphatic heterocycles. The maximum atomic E-state index is 10.9. The quantitative estimate of drug-likeness (QED) is 0.774. The molecule has 100 valence electrons. The van der Waals surface area contributed by atoms with Crippen molar-refractivity contribution in [3.05, 3.63) is 35.9 Å². The van der Waals surface area contributed by atoms with Crippen molar-refractivity contribution in [1.82, 2.24) is 9.21 Å². The van der Waals surface area contributed by atoms with E-state index in [4.69, 9.17) is 0 Å². The van der Waals surface area contributed by atoms with Gasteiger partial charge in [0, 0.05) is 36.9 Å². The van der Waals surface area contributed by atoms with Gasteiger partial charge in [0.25, 0.3) is 0 Å². The van der Waals surface area contributed by atoms with Crippen LogP contribution in [0.2, 0.25) is 0 Å².